The zero-order chi connectivity index (χ0) is 6.00. The van der Waals surface area contributed by atoms with Gasteiger partial charge in [-0.3, -0.25) is 0 Å². The van der Waals surface area contributed by atoms with E-state index in [9.17, 15) is 0 Å². The molecule has 0 aromatic carbocycles. The molecule has 0 fully saturated rings. The summed E-state index contributed by atoms with van der Waals surface area (Å²) >= 11 is 0. The molecule has 0 aromatic rings. The van der Waals surface area contributed by atoms with Crippen LogP contribution in [0.5, 0.6) is 0 Å². The van der Waals surface area contributed by atoms with Crippen molar-refractivity contribution in [2.45, 2.75) is 0 Å². The molecule has 0 atom stereocenters. The van der Waals surface area contributed by atoms with E-state index in [1.54, 1.807) is 0 Å². The predicted octanol–water partition coefficient (Wildman–Crippen LogP) is -6.07. The molecule has 51 valence electrons. The molecular weight excluding hydrogens is 215 g/mol. The molecular formula is C3H9BrO3V. The zero-order valence-electron chi connectivity index (χ0n) is 5.05. The van der Waals surface area contributed by atoms with Crippen LogP contribution in [0.4, 0.5) is 0 Å². The van der Waals surface area contributed by atoms with Gasteiger partial charge in [0.05, 0.1) is 0 Å². The van der Waals surface area contributed by atoms with Gasteiger partial charge >= 0.3 is 18.6 Å². The minimum Gasteiger partial charge on any atom is -1.00 e. The van der Waals surface area contributed by atoms with Crippen LogP contribution in [0.3, 0.4) is 0 Å². The fourth-order valence-electron chi connectivity index (χ4n) is 0. The van der Waals surface area contributed by atoms with E-state index < -0.39 is 0 Å². The maximum absolute atomic E-state index is 8.25. The van der Waals surface area contributed by atoms with Crippen molar-refractivity contribution in [1.82, 2.24) is 0 Å². The van der Waals surface area contributed by atoms with Crippen LogP contribution in [0.2, 0.25) is 0 Å². The number of rotatable bonds is 0. The van der Waals surface area contributed by atoms with E-state index in [0.29, 0.717) is 0 Å². The van der Waals surface area contributed by atoms with E-state index in [0.717, 1.165) is 21.3 Å². The first kappa shape index (κ1) is 36.3. The molecule has 3 nitrogen and oxygen atoms in total. The molecule has 1 radical (unpaired) electrons. The molecule has 0 rings (SSSR count). The van der Waals surface area contributed by atoms with Gasteiger partial charge in [0.15, 0.2) is 0 Å². The molecule has 0 aliphatic rings. The first-order valence-corrected chi connectivity index (χ1v) is 1.22. The van der Waals surface area contributed by atoms with Crippen LogP contribution >= 0.6 is 0 Å². The summed E-state index contributed by atoms with van der Waals surface area (Å²) in [5, 5.41) is 24.8. The SMILES string of the molecule is C[O-].C[O-].C[O-].[Br-].[V+4]. The summed E-state index contributed by atoms with van der Waals surface area (Å²) in [4.78, 5) is 0. The maximum atomic E-state index is 8.25. The summed E-state index contributed by atoms with van der Waals surface area (Å²) in [6.45, 7) is 0. The molecule has 0 saturated carbocycles. The van der Waals surface area contributed by atoms with Gasteiger partial charge in [0.25, 0.3) is 0 Å². The summed E-state index contributed by atoms with van der Waals surface area (Å²) in [6, 6.07) is 0. The Bertz CT molecular complexity index is 14.5. The first-order valence-electron chi connectivity index (χ1n) is 1.22. The molecule has 0 bridgehead atoms. The topological polar surface area (TPSA) is 69.2 Å². The normalized spacial score (nSPS) is 2.25. The average Bonchev–Trinajstić information content (AvgIpc) is 1.81. The third kappa shape index (κ3) is 275. The van der Waals surface area contributed by atoms with Crippen LogP contribution < -0.4 is 32.3 Å². The summed E-state index contributed by atoms with van der Waals surface area (Å²) < 4.78 is 0. The van der Waals surface area contributed by atoms with Crippen molar-refractivity contribution in [3.8, 4) is 0 Å². The van der Waals surface area contributed by atoms with Crippen LogP contribution in [0.25, 0.3) is 0 Å². The molecule has 0 amide bonds. The second-order valence-corrected chi connectivity index (χ2v) is 0. The number of hydrogen-bond acceptors (Lipinski definition) is 3. The van der Waals surface area contributed by atoms with Crippen molar-refractivity contribution in [2.75, 3.05) is 21.3 Å². The predicted molar refractivity (Wildman–Crippen MR) is 17.8 cm³/mol. The Morgan fingerprint density at radius 1 is 0.625 bits per heavy atom. The fraction of sp³-hybridized carbons (Fsp3) is 1.00. The minimum atomic E-state index is 0. The average molecular weight is 224 g/mol. The first-order chi connectivity index (χ1) is 3.00. The number of hydrogen-bond donors (Lipinski definition) is 0. The molecule has 0 heterocycles. The smallest absolute Gasteiger partial charge is 1.00 e. The molecule has 0 spiro atoms. The third-order valence-electron chi connectivity index (χ3n) is 0. The van der Waals surface area contributed by atoms with Crippen LogP contribution in [-0.2, 0) is 18.6 Å². The zero-order valence-corrected chi connectivity index (χ0v) is 8.03. The quantitative estimate of drug-likeness (QED) is 0.411. The van der Waals surface area contributed by atoms with Crippen molar-refractivity contribution in [2.24, 2.45) is 0 Å². The summed E-state index contributed by atoms with van der Waals surface area (Å²) in [7, 11) is 2.25. The van der Waals surface area contributed by atoms with Crippen molar-refractivity contribution in [3.05, 3.63) is 0 Å². The molecule has 8 heavy (non-hydrogen) atoms. The van der Waals surface area contributed by atoms with E-state index in [1.807, 2.05) is 0 Å². The van der Waals surface area contributed by atoms with Gasteiger partial charge in [-0.1, -0.05) is 0 Å². The summed E-state index contributed by atoms with van der Waals surface area (Å²) in [5.41, 5.74) is 0. The van der Waals surface area contributed by atoms with E-state index >= 15 is 0 Å². The summed E-state index contributed by atoms with van der Waals surface area (Å²) in [5.74, 6) is 0. The van der Waals surface area contributed by atoms with Crippen LogP contribution in [0.15, 0.2) is 0 Å². The van der Waals surface area contributed by atoms with Gasteiger partial charge in [-0.25, -0.2) is 0 Å². The van der Waals surface area contributed by atoms with Crippen molar-refractivity contribution in [3.63, 3.8) is 0 Å². The Hall–Kier alpha value is 0.944. The van der Waals surface area contributed by atoms with Gasteiger partial charge in [0, 0.05) is 0 Å². The van der Waals surface area contributed by atoms with Crippen molar-refractivity contribution in [1.29, 1.82) is 0 Å². The molecule has 0 aliphatic carbocycles. The second kappa shape index (κ2) is 430. The third-order valence-corrected chi connectivity index (χ3v) is 0. The Balaban J connectivity index is -0.00000000500. The van der Waals surface area contributed by atoms with Crippen LogP contribution in [0.1, 0.15) is 0 Å². The molecule has 0 saturated heterocycles. The van der Waals surface area contributed by atoms with Crippen molar-refractivity contribution < 1.29 is 50.9 Å². The Morgan fingerprint density at radius 3 is 0.625 bits per heavy atom. The van der Waals surface area contributed by atoms with Gasteiger partial charge < -0.3 is 32.3 Å². The summed E-state index contributed by atoms with van der Waals surface area (Å²) in [6.07, 6.45) is 0. The molecule has 0 aromatic heterocycles. The van der Waals surface area contributed by atoms with E-state index in [4.69, 9.17) is 15.3 Å². The van der Waals surface area contributed by atoms with E-state index in [1.165, 1.54) is 0 Å². The monoisotopic (exact) mass is 223 g/mol. The van der Waals surface area contributed by atoms with E-state index in [2.05, 4.69) is 0 Å². The van der Waals surface area contributed by atoms with Gasteiger partial charge in [-0.05, 0) is 0 Å². The van der Waals surface area contributed by atoms with E-state index in [-0.39, 0.29) is 35.5 Å². The molecule has 0 N–H and O–H groups in total. The Kier molecular flexibility index (Phi) is 1950. The van der Waals surface area contributed by atoms with Crippen LogP contribution in [-0.4, -0.2) is 21.3 Å². The second-order valence-electron chi connectivity index (χ2n) is 0. The van der Waals surface area contributed by atoms with Gasteiger partial charge in [0.2, 0.25) is 0 Å². The van der Waals surface area contributed by atoms with Crippen molar-refractivity contribution >= 4 is 0 Å². The molecule has 5 heteroatoms. The van der Waals surface area contributed by atoms with Crippen LogP contribution in [0, 0.1) is 0 Å². The van der Waals surface area contributed by atoms with Gasteiger partial charge in [0.1, 0.15) is 0 Å². The fourth-order valence-corrected chi connectivity index (χ4v) is 0. The Morgan fingerprint density at radius 2 is 0.625 bits per heavy atom. The maximum Gasteiger partial charge on any atom is 4.00 e. The van der Waals surface area contributed by atoms with Gasteiger partial charge in [-0.2, -0.15) is 21.3 Å². The van der Waals surface area contributed by atoms with Gasteiger partial charge in [-0.15, -0.1) is 0 Å². The molecule has 0 aliphatic heterocycles. The minimum absolute atomic E-state index is 0. The number of halogens is 1. The largest absolute Gasteiger partial charge is 4.00 e. The Labute approximate surface area is 72.4 Å². The molecule has 0 unspecified atom stereocenters. The standard InChI is InChI=1S/3CH3O.BrH.V/c3*1-2;;/h3*1H3;1H;/q3*-1;;+4/p-1.